The third-order valence-corrected chi connectivity index (χ3v) is 7.34. The number of carboxylic acid groups (broad SMARTS) is 1. The topological polar surface area (TPSA) is 74.7 Å². The first-order valence-electron chi connectivity index (χ1n) is 10.9. The van der Waals surface area contributed by atoms with Crippen LogP contribution >= 0.6 is 0 Å². The lowest BCUT2D eigenvalue weighted by Gasteiger charge is -2.29. The molecule has 0 aliphatic rings. The normalized spacial score (nSPS) is 12.3. The zero-order chi connectivity index (χ0) is 23.7. The van der Waals surface area contributed by atoms with Gasteiger partial charge in [0.1, 0.15) is 0 Å². The van der Waals surface area contributed by atoms with Crippen LogP contribution < -0.4 is 4.31 Å². The molecular formula is C25H35NO4S. The quantitative estimate of drug-likeness (QED) is 0.495. The molecule has 0 spiro atoms. The summed E-state index contributed by atoms with van der Waals surface area (Å²) in [6.45, 7) is 15.5. The lowest BCUT2D eigenvalue weighted by atomic mass is 9.93. The van der Waals surface area contributed by atoms with E-state index < -0.39 is 16.1 Å². The van der Waals surface area contributed by atoms with Gasteiger partial charge < -0.3 is 5.11 Å². The minimum atomic E-state index is -4.38. The molecule has 6 heteroatoms. The van der Waals surface area contributed by atoms with Gasteiger partial charge in [-0.1, -0.05) is 91.8 Å². The number of hydrogen-bond donors (Lipinski definition) is 1. The van der Waals surface area contributed by atoms with Crippen molar-refractivity contribution in [2.24, 2.45) is 0 Å². The Balaban J connectivity index is 3.00. The van der Waals surface area contributed by atoms with Crippen LogP contribution in [-0.2, 0) is 10.0 Å². The molecule has 0 heterocycles. The number of sulfonamides is 1. The van der Waals surface area contributed by atoms with Gasteiger partial charge in [0.2, 0.25) is 0 Å². The monoisotopic (exact) mass is 445 g/mol. The SMILES string of the molecule is CC(C)c1cccc(C(C)C)c1N(C(=O)O)S(=O)(=O)c1c(C(C)C)cccc1C(C)C. The molecule has 0 aliphatic carbocycles. The first kappa shape index (κ1) is 24.9. The summed E-state index contributed by atoms with van der Waals surface area (Å²) in [4.78, 5) is 12.7. The predicted molar refractivity (Wildman–Crippen MR) is 127 cm³/mol. The number of carbonyl (C=O) groups is 1. The maximum absolute atomic E-state index is 14.1. The molecule has 2 aromatic carbocycles. The standard InChI is InChI=1S/C25H35NO4S/c1-15(2)19-11-9-12-20(16(3)4)23(19)26(25(27)28)31(29,30)24-21(17(5)6)13-10-14-22(24)18(7)8/h9-18H,1-8H3,(H,27,28). The Labute approximate surface area is 187 Å². The van der Waals surface area contributed by atoms with E-state index >= 15 is 0 Å². The van der Waals surface area contributed by atoms with Crippen LogP contribution in [0.5, 0.6) is 0 Å². The highest BCUT2D eigenvalue weighted by molar-refractivity contribution is 7.93. The molecule has 1 amide bonds. The van der Waals surface area contributed by atoms with Crippen molar-refractivity contribution in [2.75, 3.05) is 4.31 Å². The zero-order valence-electron chi connectivity index (χ0n) is 19.8. The summed E-state index contributed by atoms with van der Waals surface area (Å²) in [5.41, 5.74) is 2.92. The molecule has 0 fully saturated rings. The Morgan fingerprint density at radius 1 is 0.710 bits per heavy atom. The van der Waals surface area contributed by atoms with Gasteiger partial charge in [-0.05, 0) is 45.9 Å². The lowest BCUT2D eigenvalue weighted by molar-refractivity contribution is 0.206. The number of hydrogen-bond acceptors (Lipinski definition) is 3. The molecule has 2 aromatic rings. The van der Waals surface area contributed by atoms with Crippen molar-refractivity contribution in [2.45, 2.75) is 84.0 Å². The molecule has 0 saturated carbocycles. The van der Waals surface area contributed by atoms with E-state index in [0.717, 1.165) is 0 Å². The summed E-state index contributed by atoms with van der Waals surface area (Å²) in [5.74, 6) is -0.251. The molecule has 31 heavy (non-hydrogen) atoms. The number of nitrogens with zero attached hydrogens (tertiary/aromatic N) is 1. The fourth-order valence-corrected chi connectivity index (χ4v) is 5.98. The maximum atomic E-state index is 14.1. The predicted octanol–water partition coefficient (Wildman–Crippen LogP) is 7.05. The van der Waals surface area contributed by atoms with E-state index in [1.54, 1.807) is 12.1 Å². The van der Waals surface area contributed by atoms with E-state index in [9.17, 15) is 18.3 Å². The molecule has 5 nitrogen and oxygen atoms in total. The van der Waals surface area contributed by atoms with E-state index in [2.05, 4.69) is 0 Å². The second kappa shape index (κ2) is 9.43. The molecule has 0 aromatic heterocycles. The van der Waals surface area contributed by atoms with Crippen LogP contribution in [0.2, 0.25) is 0 Å². The molecule has 2 rings (SSSR count). The highest BCUT2D eigenvalue weighted by Gasteiger charge is 2.38. The van der Waals surface area contributed by atoms with Crippen LogP contribution in [0.25, 0.3) is 0 Å². The van der Waals surface area contributed by atoms with Gasteiger partial charge in [0.25, 0.3) is 10.0 Å². The Hall–Kier alpha value is -2.34. The second-order valence-electron chi connectivity index (χ2n) is 9.22. The molecule has 0 saturated heterocycles. The first-order valence-corrected chi connectivity index (χ1v) is 12.3. The second-order valence-corrected chi connectivity index (χ2v) is 10.9. The smallest absolute Gasteiger partial charge is 0.426 e. The summed E-state index contributed by atoms with van der Waals surface area (Å²) >= 11 is 0. The van der Waals surface area contributed by atoms with Gasteiger partial charge >= 0.3 is 6.09 Å². The number of benzene rings is 2. The van der Waals surface area contributed by atoms with Gasteiger partial charge in [-0.25, -0.2) is 13.2 Å². The number of rotatable bonds is 7. The fraction of sp³-hybridized carbons (Fsp3) is 0.480. The van der Waals surface area contributed by atoms with Crippen molar-refractivity contribution in [3.05, 3.63) is 58.7 Å². The van der Waals surface area contributed by atoms with Crippen LogP contribution in [-0.4, -0.2) is 19.6 Å². The summed E-state index contributed by atoms with van der Waals surface area (Å²) in [6.07, 6.45) is -1.50. The van der Waals surface area contributed by atoms with Gasteiger partial charge in [0.05, 0.1) is 10.6 Å². The third kappa shape index (κ3) is 4.79. The minimum Gasteiger partial charge on any atom is -0.464 e. The summed E-state index contributed by atoms with van der Waals surface area (Å²) < 4.78 is 28.9. The van der Waals surface area contributed by atoms with Crippen LogP contribution in [0.1, 0.15) is 101 Å². The third-order valence-electron chi connectivity index (χ3n) is 5.54. The van der Waals surface area contributed by atoms with Gasteiger partial charge in [0.15, 0.2) is 0 Å². The molecule has 0 radical (unpaired) electrons. The Morgan fingerprint density at radius 3 is 1.32 bits per heavy atom. The van der Waals surface area contributed by atoms with Crippen LogP contribution in [0.3, 0.4) is 0 Å². The summed E-state index contributed by atoms with van der Waals surface area (Å²) in [5, 5.41) is 10.2. The minimum absolute atomic E-state index is 0.0457. The molecule has 170 valence electrons. The highest BCUT2D eigenvalue weighted by atomic mass is 32.2. The molecular weight excluding hydrogens is 410 g/mol. The van der Waals surface area contributed by atoms with Crippen molar-refractivity contribution >= 4 is 21.8 Å². The van der Waals surface area contributed by atoms with Crippen molar-refractivity contribution in [1.29, 1.82) is 0 Å². The summed E-state index contributed by atoms with van der Waals surface area (Å²) in [7, 11) is -4.38. The maximum Gasteiger partial charge on any atom is 0.426 e. The molecule has 1 N–H and O–H groups in total. The number of anilines is 1. The number of para-hydroxylation sites is 1. The highest BCUT2D eigenvalue weighted by Crippen LogP contribution is 2.41. The fourth-order valence-electron chi connectivity index (χ4n) is 3.94. The summed E-state index contributed by atoms with van der Waals surface area (Å²) in [6, 6.07) is 10.9. The van der Waals surface area contributed by atoms with E-state index in [1.165, 1.54) is 0 Å². The average molecular weight is 446 g/mol. The van der Waals surface area contributed by atoms with Crippen molar-refractivity contribution in [3.63, 3.8) is 0 Å². The van der Waals surface area contributed by atoms with E-state index in [0.29, 0.717) is 26.6 Å². The first-order chi connectivity index (χ1) is 14.3. The lowest BCUT2D eigenvalue weighted by Crippen LogP contribution is -2.38. The van der Waals surface area contributed by atoms with Gasteiger partial charge in [-0.2, -0.15) is 4.31 Å². The van der Waals surface area contributed by atoms with Crippen molar-refractivity contribution in [1.82, 2.24) is 0 Å². The Bertz CT molecular complexity index is 1000. The molecule has 0 unspecified atom stereocenters. The van der Waals surface area contributed by atoms with Crippen LogP contribution in [0.4, 0.5) is 10.5 Å². The van der Waals surface area contributed by atoms with Gasteiger partial charge in [-0.15, -0.1) is 0 Å². The average Bonchev–Trinajstić information content (AvgIpc) is 2.66. The zero-order valence-corrected chi connectivity index (χ0v) is 20.6. The van der Waals surface area contributed by atoms with Crippen LogP contribution in [0, 0.1) is 0 Å². The Morgan fingerprint density at radius 2 is 1.03 bits per heavy atom. The van der Waals surface area contributed by atoms with Gasteiger partial charge in [-0.3, -0.25) is 0 Å². The molecule has 0 aliphatic heterocycles. The van der Waals surface area contributed by atoms with E-state index in [4.69, 9.17) is 0 Å². The largest absolute Gasteiger partial charge is 0.464 e. The van der Waals surface area contributed by atoms with Crippen molar-refractivity contribution < 1.29 is 18.3 Å². The van der Waals surface area contributed by atoms with Crippen molar-refractivity contribution in [3.8, 4) is 0 Å². The Kier molecular flexibility index (Phi) is 7.58. The van der Waals surface area contributed by atoms with Gasteiger partial charge in [0, 0.05) is 0 Å². The van der Waals surface area contributed by atoms with E-state index in [-0.39, 0.29) is 34.3 Å². The molecule has 0 bridgehead atoms. The van der Waals surface area contributed by atoms with E-state index in [1.807, 2.05) is 79.7 Å². The number of amides is 1. The van der Waals surface area contributed by atoms with Crippen LogP contribution in [0.15, 0.2) is 41.3 Å². The molecule has 0 atom stereocenters.